The molecule has 1 rings (SSSR count). The molecule has 0 aliphatic carbocycles. The van der Waals surface area contributed by atoms with Gasteiger partial charge in [0.25, 0.3) is 0 Å². The van der Waals surface area contributed by atoms with Crippen LogP contribution >= 0.6 is 0 Å². The lowest BCUT2D eigenvalue weighted by Crippen LogP contribution is -1.85. The van der Waals surface area contributed by atoms with Gasteiger partial charge in [0.05, 0.1) is 0 Å². The van der Waals surface area contributed by atoms with Crippen molar-refractivity contribution in [3.8, 4) is 0 Å². The van der Waals surface area contributed by atoms with Gasteiger partial charge >= 0.3 is 0 Å². The van der Waals surface area contributed by atoms with E-state index in [1.807, 2.05) is 13.0 Å². The van der Waals surface area contributed by atoms with E-state index in [0.717, 1.165) is 18.4 Å². The molecule has 0 spiro atoms. The van der Waals surface area contributed by atoms with Gasteiger partial charge in [0.15, 0.2) is 0 Å². The molecular weight excluding hydrogens is 156 g/mol. The Hall–Kier alpha value is -1.30. The van der Waals surface area contributed by atoms with Gasteiger partial charge in [-0.05, 0) is 30.9 Å². The Balaban J connectivity index is 2.79. The number of allylic oxidation sites excluding steroid dienone is 2. The molecule has 0 aliphatic rings. The van der Waals surface area contributed by atoms with Crippen molar-refractivity contribution in [2.45, 2.75) is 19.8 Å². The molecule has 1 aromatic carbocycles. The highest BCUT2D eigenvalue weighted by atomic mass is 14.0. The Morgan fingerprint density at radius 2 is 2.23 bits per heavy atom. The Kier molecular flexibility index (Phi) is 3.51. The van der Waals surface area contributed by atoms with Crippen molar-refractivity contribution in [2.75, 3.05) is 0 Å². The zero-order valence-corrected chi connectivity index (χ0v) is 8.22. The van der Waals surface area contributed by atoms with Crippen LogP contribution in [0.25, 0.3) is 5.57 Å². The van der Waals surface area contributed by atoms with Crippen LogP contribution < -0.4 is 0 Å². The second kappa shape index (κ2) is 4.66. The van der Waals surface area contributed by atoms with Crippen LogP contribution in [0.1, 0.15) is 24.5 Å². The molecule has 0 aromatic heterocycles. The fourth-order valence-corrected chi connectivity index (χ4v) is 1.26. The van der Waals surface area contributed by atoms with Crippen molar-refractivity contribution in [2.24, 2.45) is 0 Å². The van der Waals surface area contributed by atoms with E-state index in [4.69, 9.17) is 0 Å². The van der Waals surface area contributed by atoms with E-state index < -0.39 is 0 Å². The molecule has 0 fully saturated rings. The summed E-state index contributed by atoms with van der Waals surface area (Å²) in [5.41, 5.74) is 3.72. The Morgan fingerprint density at radius 3 is 2.85 bits per heavy atom. The van der Waals surface area contributed by atoms with Gasteiger partial charge in [-0.25, -0.2) is 0 Å². The second-order valence-electron chi connectivity index (χ2n) is 3.31. The second-order valence-corrected chi connectivity index (χ2v) is 3.31. The van der Waals surface area contributed by atoms with Gasteiger partial charge < -0.3 is 0 Å². The molecule has 0 saturated heterocycles. The summed E-state index contributed by atoms with van der Waals surface area (Å²) in [6, 6.07) is 8.53. The first-order valence-electron chi connectivity index (χ1n) is 4.59. The van der Waals surface area contributed by atoms with E-state index in [-0.39, 0.29) is 0 Å². The van der Waals surface area contributed by atoms with E-state index in [2.05, 4.69) is 37.4 Å². The summed E-state index contributed by atoms with van der Waals surface area (Å²) in [7, 11) is 0. The average molecular weight is 172 g/mol. The lowest BCUT2D eigenvalue weighted by Gasteiger charge is -2.03. The number of rotatable bonds is 4. The van der Waals surface area contributed by atoms with Crippen LogP contribution in [0.15, 0.2) is 43.5 Å². The van der Waals surface area contributed by atoms with E-state index in [1.54, 1.807) is 0 Å². The van der Waals surface area contributed by atoms with Crippen LogP contribution in [-0.2, 0) is 6.42 Å². The van der Waals surface area contributed by atoms with E-state index >= 15 is 0 Å². The van der Waals surface area contributed by atoms with E-state index in [0.29, 0.717) is 0 Å². The third-order valence-corrected chi connectivity index (χ3v) is 2.06. The van der Waals surface area contributed by atoms with Crippen LogP contribution in [0.5, 0.6) is 0 Å². The molecule has 13 heavy (non-hydrogen) atoms. The number of hydrogen-bond donors (Lipinski definition) is 0. The third-order valence-electron chi connectivity index (χ3n) is 2.06. The topological polar surface area (TPSA) is 0 Å². The lowest BCUT2D eigenvalue weighted by atomic mass is 10.0. The Bertz CT molecular complexity index is 308. The molecule has 0 bridgehead atoms. The van der Waals surface area contributed by atoms with Crippen LogP contribution in [0.4, 0.5) is 0 Å². The van der Waals surface area contributed by atoms with Gasteiger partial charge in [-0.3, -0.25) is 0 Å². The number of aryl methyl sites for hydroxylation is 1. The maximum atomic E-state index is 3.93. The van der Waals surface area contributed by atoms with E-state index in [1.165, 1.54) is 11.1 Å². The maximum Gasteiger partial charge on any atom is -0.0231 e. The SMILES string of the molecule is C=CCCc1cccc(C(=C)C)c1. The fraction of sp³-hybridized carbons (Fsp3) is 0.231. The average Bonchev–Trinajstić information content (AvgIpc) is 2.15. The molecule has 0 nitrogen and oxygen atoms in total. The monoisotopic (exact) mass is 172 g/mol. The minimum Gasteiger partial charge on any atom is -0.103 e. The molecule has 0 aliphatic heterocycles. The molecule has 68 valence electrons. The van der Waals surface area contributed by atoms with Gasteiger partial charge in [-0.1, -0.05) is 42.5 Å². The quantitative estimate of drug-likeness (QED) is 0.605. The van der Waals surface area contributed by atoms with Crippen molar-refractivity contribution in [1.29, 1.82) is 0 Å². The molecule has 1 aromatic rings. The molecule has 0 radical (unpaired) electrons. The molecule has 0 atom stereocenters. The summed E-state index contributed by atoms with van der Waals surface area (Å²) in [6.45, 7) is 9.68. The van der Waals surface area contributed by atoms with Crippen molar-refractivity contribution in [3.05, 3.63) is 54.6 Å². The summed E-state index contributed by atoms with van der Waals surface area (Å²) < 4.78 is 0. The molecule has 0 heterocycles. The highest BCUT2D eigenvalue weighted by molar-refractivity contribution is 5.61. The number of hydrogen-bond acceptors (Lipinski definition) is 0. The van der Waals surface area contributed by atoms with Gasteiger partial charge in [-0.2, -0.15) is 0 Å². The van der Waals surface area contributed by atoms with Gasteiger partial charge in [-0.15, -0.1) is 6.58 Å². The van der Waals surface area contributed by atoms with Crippen LogP contribution in [0.3, 0.4) is 0 Å². The van der Waals surface area contributed by atoms with Crippen LogP contribution in [0.2, 0.25) is 0 Å². The highest BCUT2D eigenvalue weighted by Crippen LogP contribution is 2.14. The summed E-state index contributed by atoms with van der Waals surface area (Å²) in [6.07, 6.45) is 4.07. The van der Waals surface area contributed by atoms with Gasteiger partial charge in [0.2, 0.25) is 0 Å². The van der Waals surface area contributed by atoms with Gasteiger partial charge in [0, 0.05) is 0 Å². The largest absolute Gasteiger partial charge is 0.103 e. The third kappa shape index (κ3) is 2.90. The summed E-state index contributed by atoms with van der Waals surface area (Å²) >= 11 is 0. The first-order valence-corrected chi connectivity index (χ1v) is 4.59. The molecule has 0 N–H and O–H groups in total. The maximum absolute atomic E-state index is 3.93. The van der Waals surface area contributed by atoms with Crippen LogP contribution in [-0.4, -0.2) is 0 Å². The smallest absolute Gasteiger partial charge is 0.0231 e. The first kappa shape index (κ1) is 9.79. The summed E-state index contributed by atoms with van der Waals surface area (Å²) in [5.74, 6) is 0. The molecule has 0 heteroatoms. The zero-order chi connectivity index (χ0) is 9.68. The summed E-state index contributed by atoms with van der Waals surface area (Å²) in [4.78, 5) is 0. The molecule has 0 amide bonds. The highest BCUT2D eigenvalue weighted by Gasteiger charge is 1.95. The molecular formula is C13H16. The van der Waals surface area contributed by atoms with Gasteiger partial charge in [0.1, 0.15) is 0 Å². The van der Waals surface area contributed by atoms with Crippen molar-refractivity contribution < 1.29 is 0 Å². The minimum absolute atomic E-state index is 1.04. The predicted octanol–water partition coefficient (Wildman–Crippen LogP) is 3.84. The van der Waals surface area contributed by atoms with Crippen molar-refractivity contribution in [3.63, 3.8) is 0 Å². The normalized spacial score (nSPS) is 9.62. The number of benzene rings is 1. The summed E-state index contributed by atoms with van der Waals surface area (Å²) in [5, 5.41) is 0. The van der Waals surface area contributed by atoms with Crippen molar-refractivity contribution >= 4 is 5.57 Å². The molecule has 0 unspecified atom stereocenters. The first-order chi connectivity index (χ1) is 6.24. The zero-order valence-electron chi connectivity index (χ0n) is 8.22. The van der Waals surface area contributed by atoms with E-state index in [9.17, 15) is 0 Å². The Morgan fingerprint density at radius 1 is 1.46 bits per heavy atom. The lowest BCUT2D eigenvalue weighted by molar-refractivity contribution is 1.00. The molecule has 0 saturated carbocycles. The van der Waals surface area contributed by atoms with Crippen molar-refractivity contribution in [1.82, 2.24) is 0 Å². The minimum atomic E-state index is 1.04. The predicted molar refractivity (Wildman–Crippen MR) is 59.7 cm³/mol. The standard InChI is InChI=1S/C13H16/c1-4-5-7-12-8-6-9-13(10-12)11(2)3/h4,6,8-10H,1-2,5,7H2,3H3. The van der Waals surface area contributed by atoms with Crippen LogP contribution in [0, 0.1) is 0 Å². The Labute approximate surface area is 80.6 Å². The fourth-order valence-electron chi connectivity index (χ4n) is 1.26.